The first-order valence-electron chi connectivity index (χ1n) is 8.94. The zero-order valence-electron chi connectivity index (χ0n) is 15.9. The highest BCUT2D eigenvalue weighted by Gasteiger charge is 2.13. The molecule has 156 valence electrons. The molecule has 0 spiro atoms. The van der Waals surface area contributed by atoms with Gasteiger partial charge in [-0.25, -0.2) is 9.59 Å². The van der Waals surface area contributed by atoms with Gasteiger partial charge in [0.2, 0.25) is 0 Å². The second-order valence-corrected chi connectivity index (χ2v) is 5.97. The van der Waals surface area contributed by atoms with Crippen LogP contribution in [0.1, 0.15) is 23.0 Å². The lowest BCUT2D eigenvalue weighted by atomic mass is 10.1. The van der Waals surface area contributed by atoms with Gasteiger partial charge in [-0.1, -0.05) is 0 Å². The summed E-state index contributed by atoms with van der Waals surface area (Å²) in [4.78, 5) is 47.0. The van der Waals surface area contributed by atoms with E-state index in [1.807, 2.05) is 0 Å². The maximum absolute atomic E-state index is 11.9. The summed E-state index contributed by atoms with van der Waals surface area (Å²) in [7, 11) is 0. The van der Waals surface area contributed by atoms with Crippen LogP contribution >= 0.6 is 0 Å². The van der Waals surface area contributed by atoms with Crippen molar-refractivity contribution in [2.75, 3.05) is 18.5 Å². The van der Waals surface area contributed by atoms with Crippen LogP contribution in [0.15, 0.2) is 56.3 Å². The predicted octanol–water partition coefficient (Wildman–Crippen LogP) is 2.43. The third kappa shape index (κ3) is 5.25. The van der Waals surface area contributed by atoms with Crippen molar-refractivity contribution >= 4 is 34.6 Å². The summed E-state index contributed by atoms with van der Waals surface area (Å²) >= 11 is 0. The third-order valence-corrected chi connectivity index (χ3v) is 3.88. The fourth-order valence-electron chi connectivity index (χ4n) is 2.57. The molecule has 1 aromatic carbocycles. The molecule has 0 aliphatic heterocycles. The van der Waals surface area contributed by atoms with Crippen LogP contribution in [0, 0.1) is 0 Å². The van der Waals surface area contributed by atoms with Crippen LogP contribution in [0.5, 0.6) is 0 Å². The number of hydrogen-bond acceptors (Lipinski definition) is 8. The van der Waals surface area contributed by atoms with Crippen LogP contribution in [0.3, 0.4) is 0 Å². The fraction of sp³-hybridized carbons (Fsp3) is 0.200. The molecule has 2 amide bonds. The summed E-state index contributed by atoms with van der Waals surface area (Å²) in [5.74, 6) is -1.18. The lowest BCUT2D eigenvalue weighted by Gasteiger charge is -2.09. The van der Waals surface area contributed by atoms with Crippen LogP contribution in [0.4, 0.5) is 10.5 Å². The number of benzene rings is 1. The van der Waals surface area contributed by atoms with Crippen LogP contribution in [-0.4, -0.2) is 31.1 Å². The number of esters is 1. The zero-order chi connectivity index (χ0) is 21.5. The van der Waals surface area contributed by atoms with Gasteiger partial charge in [-0.15, -0.1) is 0 Å². The Balaban J connectivity index is 1.65. The number of carbonyl (C=O) groups is 3. The number of furan rings is 1. The third-order valence-electron chi connectivity index (χ3n) is 3.88. The van der Waals surface area contributed by atoms with E-state index in [2.05, 4.69) is 10.6 Å². The maximum Gasteiger partial charge on any atom is 0.411 e. The topological polar surface area (TPSA) is 137 Å². The number of rotatable bonds is 7. The predicted molar refractivity (Wildman–Crippen MR) is 104 cm³/mol. The van der Waals surface area contributed by atoms with E-state index in [4.69, 9.17) is 18.3 Å². The van der Waals surface area contributed by atoms with Gasteiger partial charge in [0, 0.05) is 28.8 Å². The van der Waals surface area contributed by atoms with E-state index < -0.39 is 23.6 Å². The summed E-state index contributed by atoms with van der Waals surface area (Å²) in [5, 5.41) is 5.40. The number of carbonyl (C=O) groups excluding carboxylic acids is 3. The molecule has 2 N–H and O–H groups in total. The Morgan fingerprint density at radius 3 is 2.67 bits per heavy atom. The van der Waals surface area contributed by atoms with E-state index in [0.717, 1.165) is 0 Å². The van der Waals surface area contributed by atoms with Gasteiger partial charge in [0.15, 0.2) is 5.76 Å². The Morgan fingerprint density at radius 2 is 1.93 bits per heavy atom. The van der Waals surface area contributed by atoms with E-state index in [0.29, 0.717) is 16.6 Å². The number of hydrogen-bond donors (Lipinski definition) is 2. The van der Waals surface area contributed by atoms with Gasteiger partial charge in [0.1, 0.15) is 18.7 Å². The number of nitrogens with one attached hydrogen (secondary N) is 2. The molecule has 0 aliphatic rings. The van der Waals surface area contributed by atoms with Crippen molar-refractivity contribution in [3.63, 3.8) is 0 Å². The quantitative estimate of drug-likeness (QED) is 0.444. The van der Waals surface area contributed by atoms with Gasteiger partial charge in [0.05, 0.1) is 12.9 Å². The van der Waals surface area contributed by atoms with Crippen LogP contribution in [-0.2, 0) is 20.9 Å². The average Bonchev–Trinajstić information content (AvgIpc) is 3.25. The normalized spacial score (nSPS) is 10.4. The summed E-state index contributed by atoms with van der Waals surface area (Å²) < 4.78 is 20.0. The molecule has 3 aromatic rings. The molecule has 2 aromatic heterocycles. The van der Waals surface area contributed by atoms with E-state index in [1.165, 1.54) is 24.5 Å². The first-order chi connectivity index (χ1) is 14.5. The van der Waals surface area contributed by atoms with Gasteiger partial charge in [-0.2, -0.15) is 0 Å². The minimum atomic E-state index is -0.697. The molecule has 0 fully saturated rings. The maximum atomic E-state index is 11.9. The van der Waals surface area contributed by atoms with Crippen molar-refractivity contribution in [2.24, 2.45) is 0 Å². The Labute approximate surface area is 169 Å². The average molecular weight is 414 g/mol. The second kappa shape index (κ2) is 9.41. The molecule has 0 bridgehead atoms. The highest BCUT2D eigenvalue weighted by Crippen LogP contribution is 2.22. The Morgan fingerprint density at radius 1 is 1.10 bits per heavy atom. The van der Waals surface area contributed by atoms with Gasteiger partial charge < -0.3 is 23.6 Å². The van der Waals surface area contributed by atoms with Crippen LogP contribution in [0.25, 0.3) is 11.0 Å². The van der Waals surface area contributed by atoms with E-state index in [1.54, 1.807) is 25.1 Å². The fourth-order valence-corrected chi connectivity index (χ4v) is 2.57. The molecule has 30 heavy (non-hydrogen) atoms. The lowest BCUT2D eigenvalue weighted by Crippen LogP contribution is -2.30. The van der Waals surface area contributed by atoms with Crippen LogP contribution < -0.4 is 16.3 Å². The Kier molecular flexibility index (Phi) is 6.48. The summed E-state index contributed by atoms with van der Waals surface area (Å²) in [6, 6.07) is 8.88. The standard InChI is InChI=1S/C20H18N2O8/c1-2-27-20(26)22-13-5-6-14-12(8-17(23)30-16(14)9-13)11-29-18(24)10-21-19(25)15-4-3-7-28-15/h3-9H,2,10-11H2,1H3,(H,21,25)(H,22,26). The first-order valence-corrected chi connectivity index (χ1v) is 8.94. The molecule has 2 heterocycles. The van der Waals surface area contributed by atoms with E-state index in [-0.39, 0.29) is 31.1 Å². The van der Waals surface area contributed by atoms with Gasteiger partial charge in [-0.05, 0) is 31.2 Å². The molecule has 10 nitrogen and oxygen atoms in total. The number of amides is 2. The molecule has 0 atom stereocenters. The molecule has 3 rings (SSSR count). The smallest absolute Gasteiger partial charge is 0.411 e. The minimum absolute atomic E-state index is 0.0710. The van der Waals surface area contributed by atoms with E-state index in [9.17, 15) is 19.2 Å². The van der Waals surface area contributed by atoms with Crippen molar-refractivity contribution < 1.29 is 32.7 Å². The molecular formula is C20H18N2O8. The molecular weight excluding hydrogens is 396 g/mol. The molecule has 0 unspecified atom stereocenters. The molecule has 0 saturated heterocycles. The van der Waals surface area contributed by atoms with Crippen molar-refractivity contribution in [2.45, 2.75) is 13.5 Å². The Bertz CT molecular complexity index is 1120. The van der Waals surface area contributed by atoms with Gasteiger partial charge >= 0.3 is 17.7 Å². The summed E-state index contributed by atoms with van der Waals surface area (Å²) in [6.07, 6.45) is 0.702. The minimum Gasteiger partial charge on any atom is -0.459 e. The van der Waals surface area contributed by atoms with Crippen molar-refractivity contribution in [3.05, 3.63) is 64.4 Å². The largest absolute Gasteiger partial charge is 0.459 e. The van der Waals surface area contributed by atoms with E-state index >= 15 is 0 Å². The molecule has 0 saturated carbocycles. The second-order valence-electron chi connectivity index (χ2n) is 5.97. The molecule has 10 heteroatoms. The van der Waals surface area contributed by atoms with Crippen molar-refractivity contribution in [3.8, 4) is 0 Å². The molecule has 0 radical (unpaired) electrons. The van der Waals surface area contributed by atoms with Gasteiger partial charge in [0.25, 0.3) is 5.91 Å². The summed E-state index contributed by atoms with van der Waals surface area (Å²) in [6.45, 7) is 1.32. The van der Waals surface area contributed by atoms with Crippen LogP contribution in [0.2, 0.25) is 0 Å². The Hall–Kier alpha value is -4.08. The SMILES string of the molecule is CCOC(=O)Nc1ccc2c(COC(=O)CNC(=O)c3ccco3)cc(=O)oc2c1. The molecule has 0 aliphatic carbocycles. The van der Waals surface area contributed by atoms with Gasteiger partial charge in [-0.3, -0.25) is 14.9 Å². The lowest BCUT2D eigenvalue weighted by molar-refractivity contribution is -0.143. The number of anilines is 1. The first kappa shape index (κ1) is 20.6. The highest BCUT2D eigenvalue weighted by molar-refractivity contribution is 5.93. The summed E-state index contributed by atoms with van der Waals surface area (Å²) in [5.41, 5.74) is 0.343. The van der Waals surface area contributed by atoms with Crippen molar-refractivity contribution in [1.29, 1.82) is 0 Å². The van der Waals surface area contributed by atoms with Crippen molar-refractivity contribution in [1.82, 2.24) is 5.32 Å². The zero-order valence-corrected chi connectivity index (χ0v) is 15.9. The number of ether oxygens (including phenoxy) is 2. The number of fused-ring (bicyclic) bond motifs is 1. The monoisotopic (exact) mass is 414 g/mol. The highest BCUT2D eigenvalue weighted by atomic mass is 16.5.